The molecular weight excluding hydrogens is 452 g/mol. The Hall–Kier alpha value is -2.85. The number of aromatic nitrogens is 1. The van der Waals surface area contributed by atoms with Crippen LogP contribution in [0.4, 0.5) is 0 Å². The predicted molar refractivity (Wildman–Crippen MR) is 130 cm³/mol. The van der Waals surface area contributed by atoms with Gasteiger partial charge in [-0.25, -0.2) is 0 Å². The second-order valence-electron chi connectivity index (χ2n) is 10.6. The molecule has 2 aromatic rings. The Labute approximate surface area is 204 Å². The van der Waals surface area contributed by atoms with Crippen LogP contribution in [-0.2, 0) is 9.59 Å². The third-order valence-corrected chi connectivity index (χ3v) is 7.32. The lowest BCUT2D eigenvalue weighted by atomic mass is 9.71. The standard InChI is InChI=1S/C26H31ClN4O3/c1-26(2)9-8-16(22(32)13-26)11-18(14-28)29-24(33)20(10-15-6-7-15)31-25(34)21-12-17-4-3-5-19(27)23(17)30-21/h3-5,12,15-16,18,20,30H,6-11,13H2,1-2H3,(H,29,33)(H,31,34)/t16?,18-,20-/m0/s1. The van der Waals surface area contributed by atoms with E-state index in [1.807, 2.05) is 12.1 Å². The second kappa shape index (κ2) is 9.79. The van der Waals surface area contributed by atoms with Crippen LogP contribution >= 0.6 is 11.6 Å². The summed E-state index contributed by atoms with van der Waals surface area (Å²) in [5, 5.41) is 16.6. The van der Waals surface area contributed by atoms with Gasteiger partial charge < -0.3 is 15.6 Å². The van der Waals surface area contributed by atoms with Crippen molar-refractivity contribution in [2.45, 2.75) is 70.9 Å². The average Bonchev–Trinajstić information content (AvgIpc) is 3.48. The van der Waals surface area contributed by atoms with Crippen molar-refractivity contribution in [1.29, 1.82) is 5.26 Å². The highest BCUT2D eigenvalue weighted by Gasteiger charge is 2.36. The maximum absolute atomic E-state index is 13.1. The van der Waals surface area contributed by atoms with Crippen molar-refractivity contribution in [3.8, 4) is 6.07 Å². The molecule has 0 aliphatic heterocycles. The van der Waals surface area contributed by atoms with Gasteiger partial charge in [-0.05, 0) is 49.1 Å². The number of hydrogen-bond acceptors (Lipinski definition) is 4. The summed E-state index contributed by atoms with van der Waals surface area (Å²) >= 11 is 6.21. The topological polar surface area (TPSA) is 115 Å². The fourth-order valence-corrected chi connectivity index (χ4v) is 5.01. The molecule has 34 heavy (non-hydrogen) atoms. The first-order chi connectivity index (χ1) is 16.1. The molecule has 0 bridgehead atoms. The third-order valence-electron chi connectivity index (χ3n) is 7.01. The van der Waals surface area contributed by atoms with Crippen molar-refractivity contribution in [2.75, 3.05) is 0 Å². The molecule has 3 N–H and O–H groups in total. The largest absolute Gasteiger partial charge is 0.349 e. The zero-order valence-electron chi connectivity index (χ0n) is 19.6. The van der Waals surface area contributed by atoms with E-state index in [2.05, 4.69) is 35.5 Å². The molecule has 7 nitrogen and oxygen atoms in total. The van der Waals surface area contributed by atoms with Gasteiger partial charge in [0.05, 0.1) is 16.6 Å². The molecule has 0 radical (unpaired) electrons. The van der Waals surface area contributed by atoms with Gasteiger partial charge in [0.15, 0.2) is 0 Å². The van der Waals surface area contributed by atoms with Crippen molar-refractivity contribution in [1.82, 2.24) is 15.6 Å². The van der Waals surface area contributed by atoms with Crippen LogP contribution in [0.3, 0.4) is 0 Å². The summed E-state index contributed by atoms with van der Waals surface area (Å²) in [5.74, 6) is -0.455. The second-order valence-corrected chi connectivity index (χ2v) is 11.0. The van der Waals surface area contributed by atoms with Crippen molar-refractivity contribution < 1.29 is 14.4 Å². The zero-order valence-corrected chi connectivity index (χ0v) is 20.4. The molecule has 8 heteroatoms. The number of nitrogens with zero attached hydrogens (tertiary/aromatic N) is 1. The normalized spacial score (nSPS) is 21.5. The Morgan fingerprint density at radius 1 is 1.24 bits per heavy atom. The van der Waals surface area contributed by atoms with E-state index in [0.717, 1.165) is 31.1 Å². The lowest BCUT2D eigenvalue weighted by Gasteiger charge is -2.34. The van der Waals surface area contributed by atoms with Crippen molar-refractivity contribution >= 4 is 40.1 Å². The summed E-state index contributed by atoms with van der Waals surface area (Å²) in [6, 6.07) is 7.73. The lowest BCUT2D eigenvalue weighted by Crippen LogP contribution is -2.50. The van der Waals surface area contributed by atoms with Crippen LogP contribution in [-0.4, -0.2) is 34.7 Å². The summed E-state index contributed by atoms with van der Waals surface area (Å²) in [4.78, 5) is 41.6. The Morgan fingerprint density at radius 2 is 2.00 bits per heavy atom. The van der Waals surface area contributed by atoms with E-state index in [0.29, 0.717) is 41.4 Å². The van der Waals surface area contributed by atoms with Crippen molar-refractivity contribution in [2.24, 2.45) is 17.3 Å². The van der Waals surface area contributed by atoms with Crippen LogP contribution in [0.25, 0.3) is 10.9 Å². The minimum absolute atomic E-state index is 0.00847. The van der Waals surface area contributed by atoms with Gasteiger partial charge in [0.1, 0.15) is 23.6 Å². The number of carbonyl (C=O) groups excluding carboxylic acids is 3. The summed E-state index contributed by atoms with van der Waals surface area (Å²) < 4.78 is 0. The lowest BCUT2D eigenvalue weighted by molar-refractivity contribution is -0.129. The minimum Gasteiger partial charge on any atom is -0.349 e. The number of fused-ring (bicyclic) bond motifs is 1. The highest BCUT2D eigenvalue weighted by atomic mass is 35.5. The van der Waals surface area contributed by atoms with Gasteiger partial charge in [-0.15, -0.1) is 0 Å². The van der Waals surface area contributed by atoms with Crippen LogP contribution in [0.1, 0.15) is 69.3 Å². The van der Waals surface area contributed by atoms with E-state index in [4.69, 9.17) is 11.6 Å². The fourth-order valence-electron chi connectivity index (χ4n) is 4.78. The Kier molecular flexibility index (Phi) is 6.99. The number of carbonyl (C=O) groups is 3. The molecule has 3 atom stereocenters. The third kappa shape index (κ3) is 5.79. The molecule has 2 aliphatic carbocycles. The number of rotatable bonds is 8. The van der Waals surface area contributed by atoms with Crippen LogP contribution in [0.5, 0.6) is 0 Å². The molecule has 1 aromatic heterocycles. The van der Waals surface area contributed by atoms with E-state index in [1.165, 1.54) is 0 Å². The number of aromatic amines is 1. The number of ketones is 1. The van der Waals surface area contributed by atoms with E-state index in [-0.39, 0.29) is 23.0 Å². The predicted octanol–water partition coefficient (Wildman–Crippen LogP) is 4.51. The molecule has 2 aliphatic rings. The number of para-hydroxylation sites is 1. The summed E-state index contributed by atoms with van der Waals surface area (Å²) in [6.07, 6.45) is 5.02. The summed E-state index contributed by atoms with van der Waals surface area (Å²) in [6.45, 7) is 4.16. The Balaban J connectivity index is 1.41. The van der Waals surface area contributed by atoms with E-state index in [1.54, 1.807) is 12.1 Å². The molecule has 1 unspecified atom stereocenters. The first-order valence-electron chi connectivity index (χ1n) is 12.0. The zero-order chi connectivity index (χ0) is 24.5. The molecule has 0 saturated heterocycles. The van der Waals surface area contributed by atoms with E-state index < -0.39 is 18.0 Å². The number of H-pyrrole nitrogens is 1. The number of nitrogens with one attached hydrogen (secondary N) is 3. The highest BCUT2D eigenvalue weighted by molar-refractivity contribution is 6.35. The quantitative estimate of drug-likeness (QED) is 0.513. The van der Waals surface area contributed by atoms with E-state index in [9.17, 15) is 19.6 Å². The van der Waals surface area contributed by atoms with Crippen molar-refractivity contribution in [3.63, 3.8) is 0 Å². The monoisotopic (exact) mass is 482 g/mol. The number of Topliss-reactive ketones (excluding diaryl/α,β-unsaturated/α-hetero) is 1. The molecule has 0 spiro atoms. The van der Waals surface area contributed by atoms with Gasteiger partial charge in [-0.1, -0.05) is 50.4 Å². The molecule has 2 amide bonds. The number of nitriles is 1. The summed E-state index contributed by atoms with van der Waals surface area (Å²) in [7, 11) is 0. The highest BCUT2D eigenvalue weighted by Crippen LogP contribution is 2.37. The number of halogens is 1. The molecule has 4 rings (SSSR count). The van der Waals surface area contributed by atoms with Crippen LogP contribution < -0.4 is 10.6 Å². The van der Waals surface area contributed by atoms with Crippen LogP contribution in [0.2, 0.25) is 5.02 Å². The Morgan fingerprint density at radius 3 is 2.65 bits per heavy atom. The van der Waals surface area contributed by atoms with E-state index >= 15 is 0 Å². The maximum atomic E-state index is 13.1. The van der Waals surface area contributed by atoms with Gasteiger partial charge in [0.2, 0.25) is 5.91 Å². The minimum atomic E-state index is -0.770. The first kappa shape index (κ1) is 24.3. The fraction of sp³-hybridized carbons (Fsp3) is 0.538. The van der Waals surface area contributed by atoms with Gasteiger partial charge >= 0.3 is 0 Å². The SMILES string of the molecule is CC1(C)CCC(C[C@@H](C#N)NC(=O)[C@H](CC2CC2)NC(=O)c2cc3cccc(Cl)c3[nH]2)C(=O)C1. The number of hydrogen-bond donors (Lipinski definition) is 3. The Bertz CT molecular complexity index is 1140. The molecular formula is C26H31ClN4O3. The van der Waals surface area contributed by atoms with Gasteiger partial charge in [0.25, 0.3) is 5.91 Å². The average molecular weight is 483 g/mol. The van der Waals surface area contributed by atoms with Crippen molar-refractivity contribution in [3.05, 3.63) is 35.0 Å². The smallest absolute Gasteiger partial charge is 0.268 e. The first-order valence-corrected chi connectivity index (χ1v) is 12.3. The molecule has 180 valence electrons. The molecule has 1 heterocycles. The summed E-state index contributed by atoms with van der Waals surface area (Å²) in [5.41, 5.74) is 0.983. The van der Waals surface area contributed by atoms with Gasteiger partial charge in [-0.3, -0.25) is 14.4 Å². The van der Waals surface area contributed by atoms with Crippen LogP contribution in [0, 0.1) is 28.6 Å². The number of amides is 2. The van der Waals surface area contributed by atoms with Gasteiger partial charge in [0, 0.05) is 17.7 Å². The van der Waals surface area contributed by atoms with Crippen LogP contribution in [0.15, 0.2) is 24.3 Å². The molecule has 2 fully saturated rings. The maximum Gasteiger partial charge on any atom is 0.268 e. The molecule has 1 aromatic carbocycles. The molecule has 2 saturated carbocycles. The van der Waals surface area contributed by atoms with Gasteiger partial charge in [-0.2, -0.15) is 5.26 Å². The number of benzene rings is 1.